The van der Waals surface area contributed by atoms with E-state index in [9.17, 15) is 0 Å². The molecule has 0 bridgehead atoms. The lowest BCUT2D eigenvalue weighted by molar-refractivity contribution is 0.109. The summed E-state index contributed by atoms with van der Waals surface area (Å²) in [6, 6.07) is 5.91. The number of ether oxygens (including phenoxy) is 1. The van der Waals surface area contributed by atoms with E-state index < -0.39 is 0 Å². The standard InChI is InChI=1S/C15H17N5O2/c1-20-6-2-5-13(20)11-9-12(18-17-11)15-16-14(19-22-15)8-10-4-3-7-21-10/h2,5-6,9-10H,3-4,7-8H2,1H3,(H,17,18)/t10-/m1/s1. The van der Waals surface area contributed by atoms with E-state index in [2.05, 4.69) is 20.3 Å². The number of aromatic nitrogens is 5. The monoisotopic (exact) mass is 299 g/mol. The Morgan fingerprint density at radius 3 is 3.18 bits per heavy atom. The zero-order valence-electron chi connectivity index (χ0n) is 12.3. The van der Waals surface area contributed by atoms with Crippen molar-refractivity contribution >= 4 is 0 Å². The summed E-state index contributed by atoms with van der Waals surface area (Å²) >= 11 is 0. The third kappa shape index (κ3) is 2.43. The Morgan fingerprint density at radius 2 is 2.41 bits per heavy atom. The molecule has 3 aromatic rings. The summed E-state index contributed by atoms with van der Waals surface area (Å²) < 4.78 is 12.9. The predicted octanol–water partition coefficient (Wildman–Crippen LogP) is 2.19. The van der Waals surface area contributed by atoms with Crippen molar-refractivity contribution in [1.29, 1.82) is 0 Å². The number of aromatic amines is 1. The summed E-state index contributed by atoms with van der Waals surface area (Å²) in [6.07, 6.45) is 5.06. The average Bonchev–Trinajstić information content (AvgIpc) is 3.25. The molecule has 1 aliphatic heterocycles. The van der Waals surface area contributed by atoms with Gasteiger partial charge < -0.3 is 13.8 Å². The van der Waals surface area contributed by atoms with Crippen molar-refractivity contribution in [1.82, 2.24) is 24.9 Å². The molecule has 4 heterocycles. The lowest BCUT2D eigenvalue weighted by Gasteiger charge is -2.03. The Kier molecular flexibility index (Phi) is 3.27. The Hall–Kier alpha value is -2.41. The highest BCUT2D eigenvalue weighted by Gasteiger charge is 2.20. The normalized spacial score (nSPS) is 18.1. The molecule has 4 rings (SSSR count). The molecular formula is C15H17N5O2. The van der Waals surface area contributed by atoms with Crippen LogP contribution in [-0.2, 0) is 18.2 Å². The highest BCUT2D eigenvalue weighted by molar-refractivity contribution is 5.61. The third-order valence-corrected chi connectivity index (χ3v) is 3.92. The summed E-state index contributed by atoms with van der Waals surface area (Å²) in [6.45, 7) is 0.829. The molecule has 7 heteroatoms. The van der Waals surface area contributed by atoms with E-state index in [0.717, 1.165) is 36.5 Å². The predicted molar refractivity (Wildman–Crippen MR) is 79.0 cm³/mol. The van der Waals surface area contributed by atoms with Gasteiger partial charge in [-0.1, -0.05) is 5.16 Å². The number of nitrogens with one attached hydrogen (secondary N) is 1. The van der Waals surface area contributed by atoms with Gasteiger partial charge in [-0.05, 0) is 31.0 Å². The number of aryl methyl sites for hydroxylation is 1. The van der Waals surface area contributed by atoms with Crippen LogP contribution in [0.1, 0.15) is 18.7 Å². The Balaban J connectivity index is 1.54. The van der Waals surface area contributed by atoms with Gasteiger partial charge in [0.1, 0.15) is 11.4 Å². The van der Waals surface area contributed by atoms with Crippen LogP contribution in [-0.4, -0.2) is 37.6 Å². The van der Waals surface area contributed by atoms with Crippen molar-refractivity contribution < 1.29 is 9.26 Å². The zero-order chi connectivity index (χ0) is 14.9. The van der Waals surface area contributed by atoms with E-state index in [4.69, 9.17) is 9.26 Å². The second-order valence-corrected chi connectivity index (χ2v) is 5.53. The van der Waals surface area contributed by atoms with Crippen LogP contribution in [0.15, 0.2) is 28.9 Å². The molecule has 1 fully saturated rings. The van der Waals surface area contributed by atoms with Gasteiger partial charge >= 0.3 is 0 Å². The molecule has 0 radical (unpaired) electrons. The maximum atomic E-state index is 5.59. The summed E-state index contributed by atoms with van der Waals surface area (Å²) in [4.78, 5) is 4.43. The molecule has 7 nitrogen and oxygen atoms in total. The van der Waals surface area contributed by atoms with Crippen LogP contribution >= 0.6 is 0 Å². The molecule has 1 aliphatic rings. The zero-order valence-corrected chi connectivity index (χ0v) is 12.3. The molecule has 1 atom stereocenters. The van der Waals surface area contributed by atoms with Gasteiger partial charge in [0.05, 0.1) is 11.8 Å². The molecule has 0 amide bonds. The quantitative estimate of drug-likeness (QED) is 0.798. The van der Waals surface area contributed by atoms with Crippen LogP contribution in [0.4, 0.5) is 0 Å². The fourth-order valence-corrected chi connectivity index (χ4v) is 2.74. The van der Waals surface area contributed by atoms with Crippen LogP contribution in [0.3, 0.4) is 0 Å². The van der Waals surface area contributed by atoms with Crippen LogP contribution in [0.2, 0.25) is 0 Å². The van der Waals surface area contributed by atoms with E-state index in [1.54, 1.807) is 0 Å². The molecule has 0 aliphatic carbocycles. The minimum Gasteiger partial charge on any atom is -0.378 e. The van der Waals surface area contributed by atoms with Crippen molar-refractivity contribution in [2.24, 2.45) is 7.05 Å². The Bertz CT molecular complexity index is 766. The summed E-state index contributed by atoms with van der Waals surface area (Å²) in [5, 5.41) is 11.3. The van der Waals surface area contributed by atoms with Gasteiger partial charge in [-0.3, -0.25) is 5.10 Å². The highest BCUT2D eigenvalue weighted by atomic mass is 16.5. The van der Waals surface area contributed by atoms with Gasteiger partial charge in [-0.2, -0.15) is 10.1 Å². The minimum atomic E-state index is 0.214. The van der Waals surface area contributed by atoms with Crippen molar-refractivity contribution in [2.45, 2.75) is 25.4 Å². The second-order valence-electron chi connectivity index (χ2n) is 5.53. The summed E-state index contributed by atoms with van der Waals surface area (Å²) in [5.74, 6) is 1.14. The lowest BCUT2D eigenvalue weighted by atomic mass is 10.2. The first-order valence-electron chi connectivity index (χ1n) is 7.41. The fourth-order valence-electron chi connectivity index (χ4n) is 2.74. The van der Waals surface area contributed by atoms with Crippen molar-refractivity contribution in [3.63, 3.8) is 0 Å². The van der Waals surface area contributed by atoms with Crippen LogP contribution in [0.5, 0.6) is 0 Å². The smallest absolute Gasteiger partial charge is 0.275 e. The minimum absolute atomic E-state index is 0.214. The van der Waals surface area contributed by atoms with Crippen molar-refractivity contribution in [3.05, 3.63) is 30.2 Å². The van der Waals surface area contributed by atoms with Gasteiger partial charge in [0.15, 0.2) is 5.82 Å². The van der Waals surface area contributed by atoms with Crippen LogP contribution < -0.4 is 0 Å². The van der Waals surface area contributed by atoms with Crippen molar-refractivity contribution in [3.8, 4) is 23.0 Å². The third-order valence-electron chi connectivity index (χ3n) is 3.92. The molecule has 0 aromatic carbocycles. The Morgan fingerprint density at radius 1 is 1.45 bits per heavy atom. The number of hydrogen-bond acceptors (Lipinski definition) is 5. The molecule has 3 aromatic heterocycles. The van der Waals surface area contributed by atoms with Gasteiger partial charge in [-0.15, -0.1) is 0 Å². The molecule has 0 saturated carbocycles. The van der Waals surface area contributed by atoms with Crippen LogP contribution in [0, 0.1) is 0 Å². The lowest BCUT2D eigenvalue weighted by Crippen LogP contribution is -2.09. The highest BCUT2D eigenvalue weighted by Crippen LogP contribution is 2.23. The molecule has 0 unspecified atom stereocenters. The molecule has 22 heavy (non-hydrogen) atoms. The first-order chi connectivity index (χ1) is 10.8. The SMILES string of the molecule is Cn1cccc1-c1cc(-c2nc(C[C@H]3CCCO3)no2)[nH]n1. The summed E-state index contributed by atoms with van der Waals surface area (Å²) in [7, 11) is 1.98. The number of hydrogen-bond donors (Lipinski definition) is 1. The van der Waals surface area contributed by atoms with Gasteiger partial charge in [0, 0.05) is 26.3 Å². The fraction of sp³-hybridized carbons (Fsp3) is 0.400. The van der Waals surface area contributed by atoms with E-state index in [0.29, 0.717) is 18.1 Å². The largest absolute Gasteiger partial charge is 0.378 e. The van der Waals surface area contributed by atoms with E-state index >= 15 is 0 Å². The molecular weight excluding hydrogens is 282 g/mol. The van der Waals surface area contributed by atoms with Gasteiger partial charge in [0.25, 0.3) is 5.89 Å². The topological polar surface area (TPSA) is 81.8 Å². The van der Waals surface area contributed by atoms with Gasteiger partial charge in [0.2, 0.25) is 0 Å². The molecule has 0 spiro atoms. The number of nitrogens with zero attached hydrogens (tertiary/aromatic N) is 4. The van der Waals surface area contributed by atoms with Gasteiger partial charge in [-0.25, -0.2) is 0 Å². The Labute approximate surface area is 127 Å². The first kappa shape index (κ1) is 13.3. The maximum absolute atomic E-state index is 5.59. The molecule has 114 valence electrons. The second kappa shape index (κ2) is 5.42. The number of H-pyrrole nitrogens is 1. The molecule has 1 N–H and O–H groups in total. The number of rotatable bonds is 4. The first-order valence-corrected chi connectivity index (χ1v) is 7.41. The average molecular weight is 299 g/mol. The van der Waals surface area contributed by atoms with E-state index in [1.165, 1.54) is 0 Å². The van der Waals surface area contributed by atoms with E-state index in [1.807, 2.05) is 36.0 Å². The van der Waals surface area contributed by atoms with E-state index in [-0.39, 0.29) is 6.10 Å². The maximum Gasteiger partial charge on any atom is 0.275 e. The van der Waals surface area contributed by atoms with Crippen molar-refractivity contribution in [2.75, 3.05) is 6.61 Å². The molecule has 1 saturated heterocycles. The van der Waals surface area contributed by atoms with Crippen LogP contribution in [0.25, 0.3) is 23.0 Å². The summed E-state index contributed by atoms with van der Waals surface area (Å²) in [5.41, 5.74) is 2.60.